The van der Waals surface area contributed by atoms with E-state index in [0.29, 0.717) is 12.2 Å². The molecule has 0 fully saturated rings. The van der Waals surface area contributed by atoms with Crippen LogP contribution in [0.3, 0.4) is 0 Å². The van der Waals surface area contributed by atoms with Gasteiger partial charge in [-0.05, 0) is 26.0 Å². The quantitative estimate of drug-likeness (QED) is 0.803. The van der Waals surface area contributed by atoms with Crippen LogP contribution in [0.5, 0.6) is 0 Å². The van der Waals surface area contributed by atoms with Crippen molar-refractivity contribution in [2.45, 2.75) is 20.4 Å². The summed E-state index contributed by atoms with van der Waals surface area (Å²) in [5.74, 6) is -0.749. The van der Waals surface area contributed by atoms with Gasteiger partial charge in [0, 0.05) is 12.4 Å². The molecular formula is C14H15FN2OS. The van der Waals surface area contributed by atoms with Crippen molar-refractivity contribution in [1.29, 1.82) is 0 Å². The van der Waals surface area contributed by atoms with Crippen LogP contribution in [0.2, 0.25) is 0 Å². The van der Waals surface area contributed by atoms with Gasteiger partial charge >= 0.3 is 0 Å². The molecule has 0 spiro atoms. The van der Waals surface area contributed by atoms with Gasteiger partial charge in [0.05, 0.1) is 28.5 Å². The number of ketones is 1. The zero-order chi connectivity index (χ0) is 14.0. The van der Waals surface area contributed by atoms with Crippen molar-refractivity contribution in [2.24, 2.45) is 0 Å². The Morgan fingerprint density at radius 2 is 2.21 bits per heavy atom. The highest BCUT2D eigenvalue weighted by molar-refractivity contribution is 7.09. The monoisotopic (exact) mass is 278 g/mol. The Morgan fingerprint density at radius 1 is 1.47 bits per heavy atom. The Morgan fingerprint density at radius 3 is 2.79 bits per heavy atom. The topological polar surface area (TPSA) is 33.2 Å². The molecule has 100 valence electrons. The fraction of sp³-hybridized carbons (Fsp3) is 0.286. The minimum Gasteiger partial charge on any atom is -0.368 e. The molecule has 2 rings (SSSR count). The minimum atomic E-state index is -0.480. The molecule has 0 atom stereocenters. The number of halogens is 1. The summed E-state index contributed by atoms with van der Waals surface area (Å²) in [6.45, 7) is 3.87. The molecule has 1 aromatic carbocycles. The first-order chi connectivity index (χ1) is 8.99. The Hall–Kier alpha value is -1.75. The fourth-order valence-electron chi connectivity index (χ4n) is 1.99. The Bertz CT molecular complexity index is 609. The number of carbonyl (C=O) groups is 1. The van der Waals surface area contributed by atoms with Gasteiger partial charge in [-0.3, -0.25) is 4.79 Å². The lowest BCUT2D eigenvalue weighted by atomic mass is 10.1. The third-order valence-corrected chi connectivity index (χ3v) is 3.64. The van der Waals surface area contributed by atoms with Crippen LogP contribution in [0, 0.1) is 12.7 Å². The van der Waals surface area contributed by atoms with Gasteiger partial charge in [0.1, 0.15) is 5.82 Å². The van der Waals surface area contributed by atoms with Gasteiger partial charge in [-0.2, -0.15) is 0 Å². The largest absolute Gasteiger partial charge is 0.368 e. The van der Waals surface area contributed by atoms with Crippen molar-refractivity contribution in [2.75, 3.05) is 11.9 Å². The van der Waals surface area contributed by atoms with Gasteiger partial charge in [0.2, 0.25) is 0 Å². The van der Waals surface area contributed by atoms with E-state index in [1.807, 2.05) is 24.3 Å². The number of hydrogen-bond donors (Lipinski definition) is 0. The molecule has 2 aromatic rings. The molecule has 0 aliphatic heterocycles. The Balaban J connectivity index is 2.31. The number of carbonyl (C=O) groups excluding carboxylic acids is 1. The van der Waals surface area contributed by atoms with E-state index in [2.05, 4.69) is 4.98 Å². The van der Waals surface area contributed by atoms with Crippen LogP contribution in [0.4, 0.5) is 10.1 Å². The molecule has 5 heteroatoms. The smallest absolute Gasteiger partial charge is 0.164 e. The maximum atomic E-state index is 13.7. The first-order valence-corrected chi connectivity index (χ1v) is 6.78. The molecule has 0 saturated heterocycles. The summed E-state index contributed by atoms with van der Waals surface area (Å²) >= 11 is 1.58. The first-order valence-electron chi connectivity index (χ1n) is 5.90. The van der Waals surface area contributed by atoms with Crippen molar-refractivity contribution in [3.8, 4) is 0 Å². The van der Waals surface area contributed by atoms with Crippen molar-refractivity contribution < 1.29 is 9.18 Å². The van der Waals surface area contributed by atoms with Gasteiger partial charge in [-0.1, -0.05) is 6.07 Å². The maximum absolute atomic E-state index is 13.7. The van der Waals surface area contributed by atoms with Crippen LogP contribution in [0.1, 0.15) is 28.0 Å². The van der Waals surface area contributed by atoms with Gasteiger partial charge in [-0.25, -0.2) is 9.37 Å². The fourth-order valence-corrected chi connectivity index (χ4v) is 2.59. The number of hydrogen-bond acceptors (Lipinski definition) is 4. The molecule has 1 heterocycles. The van der Waals surface area contributed by atoms with Gasteiger partial charge in [-0.15, -0.1) is 11.3 Å². The summed E-state index contributed by atoms with van der Waals surface area (Å²) in [5, 5.41) is 2.97. The van der Waals surface area contributed by atoms with E-state index in [1.54, 1.807) is 23.5 Å². The lowest BCUT2D eigenvalue weighted by Gasteiger charge is -2.21. The standard InChI is InChI=1S/C14H15FN2OS/c1-9(18)14-12(15)5-4-6-13(14)17(3)7-11-8-19-10(2)16-11/h4-6,8H,7H2,1-3H3. The van der Waals surface area contributed by atoms with Gasteiger partial charge in [0.15, 0.2) is 5.78 Å². The maximum Gasteiger partial charge on any atom is 0.164 e. The highest BCUT2D eigenvalue weighted by Gasteiger charge is 2.16. The molecule has 3 nitrogen and oxygen atoms in total. The molecule has 0 saturated carbocycles. The van der Waals surface area contributed by atoms with E-state index >= 15 is 0 Å². The number of anilines is 1. The Kier molecular flexibility index (Phi) is 3.95. The zero-order valence-electron chi connectivity index (χ0n) is 11.1. The normalized spacial score (nSPS) is 10.5. The number of Topliss-reactive ketones (excluding diaryl/α,β-unsaturated/α-hetero) is 1. The molecule has 0 aliphatic rings. The Labute approximate surface area is 115 Å². The van der Waals surface area contributed by atoms with E-state index in [0.717, 1.165) is 10.7 Å². The van der Waals surface area contributed by atoms with Crippen LogP contribution in [-0.4, -0.2) is 17.8 Å². The summed E-state index contributed by atoms with van der Waals surface area (Å²) in [6, 6.07) is 4.67. The summed E-state index contributed by atoms with van der Waals surface area (Å²) in [7, 11) is 1.83. The van der Waals surface area contributed by atoms with Gasteiger partial charge < -0.3 is 4.90 Å². The molecule has 0 amide bonds. The second-order valence-electron chi connectivity index (χ2n) is 4.40. The summed E-state index contributed by atoms with van der Waals surface area (Å²) in [4.78, 5) is 17.8. The number of thiazole rings is 1. The lowest BCUT2D eigenvalue weighted by molar-refractivity contribution is 0.101. The SMILES string of the molecule is CC(=O)c1c(F)cccc1N(C)Cc1csc(C)n1. The zero-order valence-corrected chi connectivity index (χ0v) is 11.9. The highest BCUT2D eigenvalue weighted by atomic mass is 32.1. The van der Waals surface area contributed by atoms with E-state index in [9.17, 15) is 9.18 Å². The number of aryl methyl sites for hydroxylation is 1. The number of rotatable bonds is 4. The van der Waals surface area contributed by atoms with Crippen molar-refractivity contribution >= 4 is 22.8 Å². The molecule has 0 bridgehead atoms. The molecular weight excluding hydrogens is 263 g/mol. The summed E-state index contributed by atoms with van der Waals surface area (Å²) in [6.07, 6.45) is 0. The number of nitrogens with zero attached hydrogens (tertiary/aromatic N) is 2. The molecule has 19 heavy (non-hydrogen) atoms. The molecule has 1 aromatic heterocycles. The summed E-state index contributed by atoms with van der Waals surface area (Å²) < 4.78 is 13.7. The second kappa shape index (κ2) is 5.48. The van der Waals surface area contributed by atoms with Gasteiger partial charge in [0.25, 0.3) is 0 Å². The van der Waals surface area contributed by atoms with E-state index < -0.39 is 5.82 Å². The molecule has 0 unspecified atom stereocenters. The average molecular weight is 278 g/mol. The summed E-state index contributed by atoms with van der Waals surface area (Å²) in [5.41, 5.74) is 1.65. The van der Waals surface area contributed by atoms with Crippen molar-refractivity contribution in [1.82, 2.24) is 4.98 Å². The molecule has 0 radical (unpaired) electrons. The van der Waals surface area contributed by atoms with E-state index in [-0.39, 0.29) is 11.3 Å². The van der Waals surface area contributed by atoms with E-state index in [1.165, 1.54) is 13.0 Å². The average Bonchev–Trinajstić information content (AvgIpc) is 2.73. The van der Waals surface area contributed by atoms with Crippen LogP contribution >= 0.6 is 11.3 Å². The van der Waals surface area contributed by atoms with Crippen molar-refractivity contribution in [3.05, 3.63) is 45.7 Å². The highest BCUT2D eigenvalue weighted by Crippen LogP contribution is 2.24. The number of benzene rings is 1. The first kappa shape index (κ1) is 13.7. The molecule has 0 aliphatic carbocycles. The number of aromatic nitrogens is 1. The molecule has 0 N–H and O–H groups in total. The third kappa shape index (κ3) is 2.98. The van der Waals surface area contributed by atoms with Crippen LogP contribution in [0.15, 0.2) is 23.6 Å². The van der Waals surface area contributed by atoms with Crippen molar-refractivity contribution in [3.63, 3.8) is 0 Å². The predicted molar refractivity (Wildman–Crippen MR) is 75.4 cm³/mol. The minimum absolute atomic E-state index is 0.136. The van der Waals surface area contributed by atoms with E-state index in [4.69, 9.17) is 0 Å². The second-order valence-corrected chi connectivity index (χ2v) is 5.47. The van der Waals surface area contributed by atoms with Crippen LogP contribution in [-0.2, 0) is 6.54 Å². The van der Waals surface area contributed by atoms with Crippen LogP contribution in [0.25, 0.3) is 0 Å². The predicted octanol–water partition coefficient (Wildman–Crippen LogP) is 3.43. The lowest BCUT2D eigenvalue weighted by Crippen LogP contribution is -2.20. The third-order valence-electron chi connectivity index (χ3n) is 2.82. The van der Waals surface area contributed by atoms with Crippen LogP contribution < -0.4 is 4.90 Å².